The Morgan fingerprint density at radius 2 is 1.88 bits per heavy atom. The van der Waals surface area contributed by atoms with Crippen LogP contribution in [0.15, 0.2) is 23.0 Å². The van der Waals surface area contributed by atoms with Crippen LogP contribution in [0.2, 0.25) is 0 Å². The molecule has 0 amide bonds. The summed E-state index contributed by atoms with van der Waals surface area (Å²) in [5.74, 6) is 0. The van der Waals surface area contributed by atoms with E-state index < -0.39 is 23.7 Å². The van der Waals surface area contributed by atoms with Gasteiger partial charge >= 0.3 is 11.9 Å². The van der Waals surface area contributed by atoms with Gasteiger partial charge in [0.05, 0.1) is 22.8 Å². The summed E-state index contributed by atoms with van der Waals surface area (Å²) in [5.41, 5.74) is 0.904. The topological polar surface area (TPSA) is 48.6 Å². The smallest absolute Gasteiger partial charge is 0.306 e. The predicted octanol–water partition coefficient (Wildman–Crippen LogP) is 3.09. The lowest BCUT2D eigenvalue weighted by molar-refractivity contribution is -0.134. The van der Waals surface area contributed by atoms with Crippen molar-refractivity contribution in [3.8, 4) is 0 Å². The van der Waals surface area contributed by atoms with E-state index >= 15 is 0 Å². The van der Waals surface area contributed by atoms with Crippen molar-refractivity contribution < 1.29 is 13.2 Å². The van der Waals surface area contributed by atoms with E-state index in [1.807, 2.05) is 0 Å². The van der Waals surface area contributed by atoms with Crippen LogP contribution in [0, 0.1) is 0 Å². The van der Waals surface area contributed by atoms with Crippen LogP contribution in [0.1, 0.15) is 17.4 Å². The van der Waals surface area contributed by atoms with Gasteiger partial charge in [-0.05, 0) is 17.7 Å². The molecule has 0 bridgehead atoms. The van der Waals surface area contributed by atoms with E-state index in [0.29, 0.717) is 16.6 Å². The third-order valence-corrected chi connectivity index (χ3v) is 2.72. The van der Waals surface area contributed by atoms with Gasteiger partial charge in [0.1, 0.15) is 0 Å². The number of hydrogen-bond donors (Lipinski definition) is 2. The Labute approximate surface area is 98.6 Å². The fourth-order valence-electron chi connectivity index (χ4n) is 1.57. The number of benzene rings is 1. The number of imidazole rings is 1. The second kappa shape index (κ2) is 4.10. The molecular formula is C10H8ClF3N2O. The minimum Gasteiger partial charge on any atom is -0.306 e. The molecule has 0 aliphatic rings. The second-order valence-corrected chi connectivity index (χ2v) is 4.20. The second-order valence-electron chi connectivity index (χ2n) is 3.67. The number of fused-ring (bicyclic) bond motifs is 1. The molecule has 0 aliphatic heterocycles. The summed E-state index contributed by atoms with van der Waals surface area (Å²) in [7, 11) is 0. The summed E-state index contributed by atoms with van der Waals surface area (Å²) in [4.78, 5) is 15.9. The molecule has 2 N–H and O–H groups in total. The van der Waals surface area contributed by atoms with Gasteiger partial charge < -0.3 is 9.97 Å². The molecule has 0 fully saturated rings. The van der Waals surface area contributed by atoms with Gasteiger partial charge in [0.15, 0.2) is 0 Å². The highest BCUT2D eigenvalue weighted by molar-refractivity contribution is 6.20. The Kier molecular flexibility index (Phi) is 2.91. The van der Waals surface area contributed by atoms with E-state index in [-0.39, 0.29) is 0 Å². The lowest BCUT2D eigenvalue weighted by Gasteiger charge is -2.12. The van der Waals surface area contributed by atoms with Gasteiger partial charge in [0.2, 0.25) is 0 Å². The van der Waals surface area contributed by atoms with Crippen molar-refractivity contribution in [2.24, 2.45) is 0 Å². The minimum atomic E-state index is -4.31. The zero-order chi connectivity index (χ0) is 12.6. The Morgan fingerprint density at radius 3 is 2.53 bits per heavy atom. The highest BCUT2D eigenvalue weighted by atomic mass is 35.5. The standard InChI is InChI=1S/C10H8ClF3N2O/c11-6(4-10(12,13)14)5-1-2-7-8(3-5)16-9(17)15-7/h1-3,6H,4H2,(H2,15,16,17). The number of halogens is 4. The highest BCUT2D eigenvalue weighted by Gasteiger charge is 2.31. The lowest BCUT2D eigenvalue weighted by atomic mass is 10.1. The molecule has 7 heteroatoms. The van der Waals surface area contributed by atoms with Crippen molar-refractivity contribution in [3.63, 3.8) is 0 Å². The molecule has 0 saturated heterocycles. The van der Waals surface area contributed by atoms with Gasteiger partial charge in [-0.3, -0.25) is 0 Å². The zero-order valence-electron chi connectivity index (χ0n) is 8.44. The van der Waals surface area contributed by atoms with E-state index in [1.54, 1.807) is 0 Å². The van der Waals surface area contributed by atoms with E-state index in [0.717, 1.165) is 0 Å². The van der Waals surface area contributed by atoms with E-state index in [2.05, 4.69) is 9.97 Å². The van der Waals surface area contributed by atoms with Gasteiger partial charge in [-0.15, -0.1) is 11.6 Å². The zero-order valence-corrected chi connectivity index (χ0v) is 9.19. The SMILES string of the molecule is O=c1[nH]c2ccc(C(Cl)CC(F)(F)F)cc2[nH]1. The van der Waals surface area contributed by atoms with Gasteiger partial charge in [-0.25, -0.2) is 4.79 Å². The molecule has 1 aromatic carbocycles. The molecular weight excluding hydrogens is 257 g/mol. The maximum absolute atomic E-state index is 12.2. The van der Waals surface area contributed by atoms with Crippen LogP contribution in [0.3, 0.4) is 0 Å². The fraction of sp³-hybridized carbons (Fsp3) is 0.300. The largest absolute Gasteiger partial charge is 0.390 e. The summed E-state index contributed by atoms with van der Waals surface area (Å²) in [6.45, 7) is 0. The number of aromatic nitrogens is 2. The van der Waals surface area contributed by atoms with Gasteiger partial charge in [0, 0.05) is 0 Å². The highest BCUT2D eigenvalue weighted by Crippen LogP contribution is 2.34. The first-order valence-corrected chi connectivity index (χ1v) is 5.21. The maximum atomic E-state index is 12.2. The van der Waals surface area contributed by atoms with Crippen LogP contribution in [0.25, 0.3) is 11.0 Å². The average molecular weight is 265 g/mol. The number of rotatable bonds is 2. The molecule has 1 heterocycles. The molecule has 1 unspecified atom stereocenters. The Balaban J connectivity index is 2.32. The molecule has 0 spiro atoms. The molecule has 3 nitrogen and oxygen atoms in total. The Morgan fingerprint density at radius 1 is 1.24 bits per heavy atom. The van der Waals surface area contributed by atoms with Crippen LogP contribution >= 0.6 is 11.6 Å². The predicted molar refractivity (Wildman–Crippen MR) is 58.2 cm³/mol. The Hall–Kier alpha value is -1.43. The van der Waals surface area contributed by atoms with Gasteiger partial charge in [-0.2, -0.15) is 13.2 Å². The van der Waals surface area contributed by atoms with Crippen molar-refractivity contribution in [3.05, 3.63) is 34.2 Å². The number of H-pyrrole nitrogens is 2. The molecule has 0 saturated carbocycles. The van der Waals surface area contributed by atoms with Crippen LogP contribution in [-0.2, 0) is 0 Å². The molecule has 1 atom stereocenters. The van der Waals surface area contributed by atoms with Gasteiger partial charge in [-0.1, -0.05) is 6.07 Å². The van der Waals surface area contributed by atoms with Crippen molar-refractivity contribution >= 4 is 22.6 Å². The molecule has 17 heavy (non-hydrogen) atoms. The van der Waals surface area contributed by atoms with Crippen LogP contribution in [-0.4, -0.2) is 16.1 Å². The van der Waals surface area contributed by atoms with Crippen LogP contribution < -0.4 is 5.69 Å². The van der Waals surface area contributed by atoms with Crippen molar-refractivity contribution in [2.45, 2.75) is 18.0 Å². The molecule has 0 radical (unpaired) electrons. The number of alkyl halides is 4. The summed E-state index contributed by atoms with van der Waals surface area (Å²) < 4.78 is 36.5. The minimum absolute atomic E-state index is 0.326. The van der Waals surface area contributed by atoms with Gasteiger partial charge in [0.25, 0.3) is 0 Å². The first-order chi connectivity index (χ1) is 7.85. The van der Waals surface area contributed by atoms with Crippen LogP contribution in [0.4, 0.5) is 13.2 Å². The third-order valence-electron chi connectivity index (χ3n) is 2.31. The molecule has 0 aliphatic carbocycles. The maximum Gasteiger partial charge on any atom is 0.390 e. The number of hydrogen-bond acceptors (Lipinski definition) is 1. The third kappa shape index (κ3) is 2.82. The first-order valence-electron chi connectivity index (χ1n) is 4.78. The molecule has 1 aromatic heterocycles. The van der Waals surface area contributed by atoms with Crippen molar-refractivity contribution in [1.29, 1.82) is 0 Å². The summed E-state index contributed by atoms with van der Waals surface area (Å²) in [6.07, 6.45) is -5.42. The van der Waals surface area contributed by atoms with E-state index in [4.69, 9.17) is 11.6 Å². The average Bonchev–Trinajstić information content (AvgIpc) is 2.53. The summed E-state index contributed by atoms with van der Waals surface area (Å²) in [5, 5.41) is -1.15. The van der Waals surface area contributed by atoms with E-state index in [1.165, 1.54) is 18.2 Å². The quantitative estimate of drug-likeness (QED) is 0.805. The molecule has 2 aromatic rings. The fourth-order valence-corrected chi connectivity index (χ4v) is 1.88. The lowest BCUT2D eigenvalue weighted by Crippen LogP contribution is -2.10. The summed E-state index contributed by atoms with van der Waals surface area (Å²) >= 11 is 5.68. The van der Waals surface area contributed by atoms with Crippen molar-refractivity contribution in [2.75, 3.05) is 0 Å². The molecule has 92 valence electrons. The normalized spacial score (nSPS) is 14.1. The van der Waals surface area contributed by atoms with E-state index in [9.17, 15) is 18.0 Å². The summed E-state index contributed by atoms with van der Waals surface area (Å²) in [6, 6.07) is 4.43. The number of aromatic amines is 2. The number of nitrogens with one attached hydrogen (secondary N) is 2. The monoisotopic (exact) mass is 264 g/mol. The van der Waals surface area contributed by atoms with Crippen molar-refractivity contribution in [1.82, 2.24) is 9.97 Å². The van der Waals surface area contributed by atoms with Crippen LogP contribution in [0.5, 0.6) is 0 Å². The Bertz CT molecular complexity index is 587. The molecule has 2 rings (SSSR count). The first kappa shape index (κ1) is 12.0.